The fourth-order valence-electron chi connectivity index (χ4n) is 1.68. The number of thiazole rings is 1. The standard InChI is InChI=1S/C13H14ClN3O3S/c14-8-1-2-10-9(7-8)17-11(21-10)3-5-15-13(20)16-6-4-12(18)19/h1-2,7H,3-6H2,(H,18,19)(H2,15,16,20). The minimum Gasteiger partial charge on any atom is -0.481 e. The summed E-state index contributed by atoms with van der Waals surface area (Å²) in [5.41, 5.74) is 0.855. The van der Waals surface area contributed by atoms with E-state index in [2.05, 4.69) is 15.6 Å². The van der Waals surface area contributed by atoms with Gasteiger partial charge in [0.05, 0.1) is 21.6 Å². The van der Waals surface area contributed by atoms with Gasteiger partial charge in [-0.2, -0.15) is 0 Å². The van der Waals surface area contributed by atoms with E-state index >= 15 is 0 Å². The molecule has 0 unspecified atom stereocenters. The minimum atomic E-state index is -0.941. The third-order valence-electron chi connectivity index (χ3n) is 2.64. The Hall–Kier alpha value is -1.86. The van der Waals surface area contributed by atoms with Gasteiger partial charge < -0.3 is 15.7 Å². The van der Waals surface area contributed by atoms with Crippen molar-refractivity contribution in [2.75, 3.05) is 13.1 Å². The SMILES string of the molecule is O=C(O)CCNC(=O)NCCc1nc2cc(Cl)ccc2s1. The Balaban J connectivity index is 1.77. The Kier molecular flexibility index (Phi) is 5.35. The molecule has 6 nitrogen and oxygen atoms in total. The number of carboxylic acids is 1. The molecule has 1 aromatic heterocycles. The van der Waals surface area contributed by atoms with Gasteiger partial charge in [-0.1, -0.05) is 11.6 Å². The summed E-state index contributed by atoms with van der Waals surface area (Å²) in [6.45, 7) is 0.549. The van der Waals surface area contributed by atoms with E-state index in [0.29, 0.717) is 18.0 Å². The second kappa shape index (κ2) is 7.24. The molecule has 0 aliphatic heterocycles. The van der Waals surface area contributed by atoms with E-state index in [1.807, 2.05) is 18.2 Å². The number of halogens is 1. The minimum absolute atomic E-state index is 0.0912. The van der Waals surface area contributed by atoms with Crippen LogP contribution in [0.4, 0.5) is 4.79 Å². The summed E-state index contributed by atoms with van der Waals surface area (Å²) in [5.74, 6) is -0.941. The predicted molar refractivity (Wildman–Crippen MR) is 82.0 cm³/mol. The number of nitrogens with zero attached hydrogens (tertiary/aromatic N) is 1. The van der Waals surface area contributed by atoms with Crippen LogP contribution in [0.1, 0.15) is 11.4 Å². The van der Waals surface area contributed by atoms with E-state index in [1.54, 1.807) is 11.3 Å². The van der Waals surface area contributed by atoms with Gasteiger partial charge in [0.15, 0.2) is 0 Å². The number of amides is 2. The highest BCUT2D eigenvalue weighted by molar-refractivity contribution is 7.18. The zero-order valence-electron chi connectivity index (χ0n) is 11.1. The van der Waals surface area contributed by atoms with Crippen molar-refractivity contribution in [2.24, 2.45) is 0 Å². The Morgan fingerprint density at radius 3 is 2.81 bits per heavy atom. The van der Waals surface area contributed by atoms with E-state index in [4.69, 9.17) is 16.7 Å². The molecular formula is C13H14ClN3O3S. The van der Waals surface area contributed by atoms with Crippen molar-refractivity contribution in [3.05, 3.63) is 28.2 Å². The molecule has 1 heterocycles. The van der Waals surface area contributed by atoms with Crippen molar-refractivity contribution >= 4 is 45.2 Å². The van der Waals surface area contributed by atoms with E-state index < -0.39 is 5.97 Å². The molecule has 0 aliphatic rings. The Labute approximate surface area is 130 Å². The number of benzene rings is 1. The van der Waals surface area contributed by atoms with Crippen LogP contribution < -0.4 is 10.6 Å². The number of carbonyl (C=O) groups excluding carboxylic acids is 1. The number of fused-ring (bicyclic) bond motifs is 1. The van der Waals surface area contributed by atoms with Crippen molar-refractivity contribution in [1.82, 2.24) is 15.6 Å². The van der Waals surface area contributed by atoms with Gasteiger partial charge >= 0.3 is 12.0 Å². The van der Waals surface area contributed by atoms with Gasteiger partial charge in [-0.3, -0.25) is 4.79 Å². The average molecular weight is 328 g/mol. The maximum atomic E-state index is 11.4. The van der Waals surface area contributed by atoms with Crippen LogP contribution in [0.3, 0.4) is 0 Å². The van der Waals surface area contributed by atoms with Crippen LogP contribution in [0.25, 0.3) is 10.2 Å². The molecule has 3 N–H and O–H groups in total. The van der Waals surface area contributed by atoms with Crippen LogP contribution >= 0.6 is 22.9 Å². The lowest BCUT2D eigenvalue weighted by molar-refractivity contribution is -0.136. The van der Waals surface area contributed by atoms with Crippen molar-refractivity contribution in [3.63, 3.8) is 0 Å². The van der Waals surface area contributed by atoms with Crippen LogP contribution in [0.15, 0.2) is 18.2 Å². The third kappa shape index (κ3) is 4.87. The molecule has 0 spiro atoms. The average Bonchev–Trinajstić information content (AvgIpc) is 2.80. The van der Waals surface area contributed by atoms with E-state index in [0.717, 1.165) is 15.2 Å². The summed E-state index contributed by atoms with van der Waals surface area (Å²) in [5, 5.41) is 15.1. The van der Waals surface area contributed by atoms with Crippen molar-refractivity contribution in [3.8, 4) is 0 Å². The van der Waals surface area contributed by atoms with Gasteiger partial charge in [-0.15, -0.1) is 11.3 Å². The number of aliphatic carboxylic acids is 1. The fraction of sp³-hybridized carbons (Fsp3) is 0.308. The number of carbonyl (C=O) groups is 2. The number of urea groups is 1. The molecule has 2 amide bonds. The molecule has 21 heavy (non-hydrogen) atoms. The molecule has 0 saturated carbocycles. The number of nitrogens with one attached hydrogen (secondary N) is 2. The molecule has 0 aliphatic carbocycles. The molecule has 1 aromatic carbocycles. The lowest BCUT2D eigenvalue weighted by atomic mass is 10.3. The summed E-state index contributed by atoms with van der Waals surface area (Å²) in [6.07, 6.45) is 0.523. The van der Waals surface area contributed by atoms with Gasteiger partial charge in [-0.25, -0.2) is 9.78 Å². The highest BCUT2D eigenvalue weighted by atomic mass is 35.5. The lowest BCUT2D eigenvalue weighted by Crippen LogP contribution is -2.37. The number of rotatable bonds is 6. The summed E-state index contributed by atoms with van der Waals surface area (Å²) >= 11 is 7.46. The lowest BCUT2D eigenvalue weighted by Gasteiger charge is -2.05. The molecule has 0 fully saturated rings. The number of aromatic nitrogens is 1. The first-order valence-electron chi connectivity index (χ1n) is 6.33. The van der Waals surface area contributed by atoms with Crippen LogP contribution in [0, 0.1) is 0 Å². The highest BCUT2D eigenvalue weighted by Gasteiger charge is 2.06. The van der Waals surface area contributed by atoms with E-state index in [-0.39, 0.29) is 19.0 Å². The monoisotopic (exact) mass is 327 g/mol. The second-order valence-corrected chi connectivity index (χ2v) is 5.85. The number of hydrogen-bond donors (Lipinski definition) is 3. The zero-order chi connectivity index (χ0) is 15.2. The Bertz CT molecular complexity index is 659. The molecule has 2 aromatic rings. The van der Waals surface area contributed by atoms with Crippen LogP contribution in [-0.4, -0.2) is 35.2 Å². The largest absolute Gasteiger partial charge is 0.481 e. The van der Waals surface area contributed by atoms with Gasteiger partial charge in [-0.05, 0) is 18.2 Å². The van der Waals surface area contributed by atoms with Gasteiger partial charge in [0.1, 0.15) is 0 Å². The zero-order valence-corrected chi connectivity index (χ0v) is 12.6. The first kappa shape index (κ1) is 15.5. The molecule has 2 rings (SSSR count). The molecule has 112 valence electrons. The third-order valence-corrected chi connectivity index (χ3v) is 3.97. The maximum Gasteiger partial charge on any atom is 0.314 e. The molecule has 0 bridgehead atoms. The van der Waals surface area contributed by atoms with E-state index in [9.17, 15) is 9.59 Å². The number of carboxylic acid groups (broad SMARTS) is 1. The number of hydrogen-bond acceptors (Lipinski definition) is 4. The first-order valence-corrected chi connectivity index (χ1v) is 7.52. The van der Waals surface area contributed by atoms with Gasteiger partial charge in [0.2, 0.25) is 0 Å². The summed E-state index contributed by atoms with van der Waals surface area (Å²) in [6, 6.07) is 5.17. The van der Waals surface area contributed by atoms with Crippen molar-refractivity contribution in [2.45, 2.75) is 12.8 Å². The second-order valence-electron chi connectivity index (χ2n) is 4.30. The Morgan fingerprint density at radius 1 is 1.29 bits per heavy atom. The fourth-order valence-corrected chi connectivity index (χ4v) is 2.80. The van der Waals surface area contributed by atoms with Crippen LogP contribution in [0.5, 0.6) is 0 Å². The van der Waals surface area contributed by atoms with Crippen LogP contribution in [0.2, 0.25) is 5.02 Å². The smallest absolute Gasteiger partial charge is 0.314 e. The molecule has 8 heteroatoms. The highest BCUT2D eigenvalue weighted by Crippen LogP contribution is 2.24. The normalized spacial score (nSPS) is 10.5. The van der Waals surface area contributed by atoms with Crippen molar-refractivity contribution in [1.29, 1.82) is 0 Å². The predicted octanol–water partition coefficient (Wildman–Crippen LogP) is 2.27. The Morgan fingerprint density at radius 2 is 2.05 bits per heavy atom. The molecule has 0 radical (unpaired) electrons. The van der Waals surface area contributed by atoms with Gasteiger partial charge in [0, 0.05) is 24.5 Å². The van der Waals surface area contributed by atoms with Crippen molar-refractivity contribution < 1.29 is 14.7 Å². The summed E-state index contributed by atoms with van der Waals surface area (Å²) in [7, 11) is 0. The summed E-state index contributed by atoms with van der Waals surface area (Å²) in [4.78, 5) is 26.1. The van der Waals surface area contributed by atoms with Gasteiger partial charge in [0.25, 0.3) is 0 Å². The maximum absolute atomic E-state index is 11.4. The first-order chi connectivity index (χ1) is 10.0. The molecule has 0 atom stereocenters. The topological polar surface area (TPSA) is 91.3 Å². The van der Waals surface area contributed by atoms with E-state index in [1.165, 1.54) is 0 Å². The molecular weight excluding hydrogens is 314 g/mol. The quantitative estimate of drug-likeness (QED) is 0.759. The van der Waals surface area contributed by atoms with Crippen LogP contribution in [-0.2, 0) is 11.2 Å². The summed E-state index contributed by atoms with van der Waals surface area (Å²) < 4.78 is 1.06. The molecule has 0 saturated heterocycles.